The molecule has 0 spiro atoms. The first-order chi connectivity index (χ1) is 9.81. The Kier molecular flexibility index (Phi) is 7.21. The van der Waals surface area contributed by atoms with Gasteiger partial charge in [0.2, 0.25) is 0 Å². The largest absolute Gasteiger partial charge is 0.448 e. The van der Waals surface area contributed by atoms with Crippen molar-refractivity contribution in [3.05, 3.63) is 0 Å². The Balaban J connectivity index is 2.50. The summed E-state index contributed by atoms with van der Waals surface area (Å²) in [6.45, 7) is 6.26. The number of rotatable bonds is 6. The Morgan fingerprint density at radius 1 is 1.33 bits per heavy atom. The molecule has 0 aromatic heterocycles. The van der Waals surface area contributed by atoms with Crippen molar-refractivity contribution in [1.29, 1.82) is 0 Å². The van der Waals surface area contributed by atoms with E-state index in [0.717, 1.165) is 0 Å². The van der Waals surface area contributed by atoms with Crippen LogP contribution in [-0.2, 0) is 23.7 Å². The summed E-state index contributed by atoms with van der Waals surface area (Å²) in [6.07, 6.45) is -0.290. The molecular formula is C13H22ClNO6. The first-order valence-electron chi connectivity index (χ1n) is 6.77. The molecule has 0 aromatic rings. The number of alkyl carbamates (subject to hydrolysis) is 1. The lowest BCUT2D eigenvalue weighted by Crippen LogP contribution is -2.44. The van der Waals surface area contributed by atoms with Crippen LogP contribution >= 0.6 is 11.6 Å². The highest BCUT2D eigenvalue weighted by Crippen LogP contribution is 2.13. The van der Waals surface area contributed by atoms with Gasteiger partial charge in [-0.05, 0) is 27.2 Å². The molecule has 1 aliphatic rings. The van der Waals surface area contributed by atoms with Crippen LogP contribution in [0.25, 0.3) is 0 Å². The molecule has 1 unspecified atom stereocenters. The van der Waals surface area contributed by atoms with Gasteiger partial charge >= 0.3 is 12.1 Å². The third-order valence-electron chi connectivity index (χ3n) is 2.55. The summed E-state index contributed by atoms with van der Waals surface area (Å²) in [6, 6.07) is -1.13. The van der Waals surface area contributed by atoms with Gasteiger partial charge in [0.25, 0.3) is 0 Å². The van der Waals surface area contributed by atoms with Crippen LogP contribution in [-0.4, -0.2) is 49.3 Å². The molecule has 1 saturated heterocycles. The van der Waals surface area contributed by atoms with Crippen molar-refractivity contribution in [2.75, 3.05) is 19.3 Å². The average molecular weight is 324 g/mol. The van der Waals surface area contributed by atoms with Gasteiger partial charge in [0, 0.05) is 6.42 Å². The maximum absolute atomic E-state index is 11.8. The molecule has 1 atom stereocenters. The Morgan fingerprint density at radius 2 is 1.95 bits per heavy atom. The number of nitrogens with one attached hydrogen (secondary N) is 1. The van der Waals surface area contributed by atoms with Crippen LogP contribution < -0.4 is 5.32 Å². The molecule has 1 N–H and O–H groups in total. The Hall–Kier alpha value is -1.05. The van der Waals surface area contributed by atoms with Gasteiger partial charge in [-0.2, -0.15) is 0 Å². The number of alkyl halides is 1. The normalized spacial score (nSPS) is 17.3. The predicted molar refractivity (Wildman–Crippen MR) is 74.9 cm³/mol. The highest BCUT2D eigenvalue weighted by atomic mass is 35.5. The molecule has 7 nitrogen and oxygen atoms in total. The fraction of sp³-hybridized carbons (Fsp3) is 0.846. The minimum absolute atomic E-state index is 0.276. The molecule has 0 aliphatic carbocycles. The molecule has 1 fully saturated rings. The quantitative estimate of drug-likeness (QED) is 0.592. The van der Waals surface area contributed by atoms with Gasteiger partial charge in [0.1, 0.15) is 11.6 Å². The number of carbonyl (C=O) groups is 2. The fourth-order valence-electron chi connectivity index (χ4n) is 1.73. The maximum Gasteiger partial charge on any atom is 0.408 e. The van der Waals surface area contributed by atoms with E-state index in [-0.39, 0.29) is 12.4 Å². The zero-order chi connectivity index (χ0) is 15.9. The summed E-state index contributed by atoms with van der Waals surface area (Å²) in [7, 11) is 0. The van der Waals surface area contributed by atoms with Crippen LogP contribution in [0.15, 0.2) is 0 Å². The highest BCUT2D eigenvalue weighted by Gasteiger charge is 2.27. The third-order valence-corrected chi connectivity index (χ3v) is 2.66. The summed E-state index contributed by atoms with van der Waals surface area (Å²) in [5.74, 6) is -0.617. The number of halogens is 1. The van der Waals surface area contributed by atoms with Crippen molar-refractivity contribution in [1.82, 2.24) is 5.32 Å². The Bertz CT molecular complexity index is 351. The highest BCUT2D eigenvalue weighted by molar-refractivity contribution is 6.17. The van der Waals surface area contributed by atoms with E-state index in [1.54, 1.807) is 20.8 Å². The van der Waals surface area contributed by atoms with E-state index in [2.05, 4.69) is 5.32 Å². The predicted octanol–water partition coefficient (Wildman–Crippen LogP) is 1.77. The second-order valence-corrected chi connectivity index (χ2v) is 5.74. The van der Waals surface area contributed by atoms with E-state index in [4.69, 9.17) is 30.5 Å². The SMILES string of the molecule is CC(C)(C)OC(=O)NC(CCC1OCCO1)C(=O)OCCl. The van der Waals surface area contributed by atoms with Gasteiger partial charge < -0.3 is 24.3 Å². The molecule has 21 heavy (non-hydrogen) atoms. The second-order valence-electron chi connectivity index (χ2n) is 5.52. The summed E-state index contributed by atoms with van der Waals surface area (Å²) in [5.41, 5.74) is -0.650. The molecule has 1 aliphatic heterocycles. The van der Waals surface area contributed by atoms with Crippen LogP contribution in [0.2, 0.25) is 0 Å². The van der Waals surface area contributed by atoms with Crippen molar-refractivity contribution >= 4 is 23.7 Å². The number of esters is 1. The van der Waals surface area contributed by atoms with Crippen LogP contribution in [0, 0.1) is 0 Å². The van der Waals surface area contributed by atoms with E-state index in [0.29, 0.717) is 26.1 Å². The number of hydrogen-bond acceptors (Lipinski definition) is 6. The molecule has 0 saturated carbocycles. The van der Waals surface area contributed by atoms with E-state index >= 15 is 0 Å². The zero-order valence-electron chi connectivity index (χ0n) is 12.5. The van der Waals surface area contributed by atoms with E-state index in [9.17, 15) is 9.59 Å². The molecule has 0 radical (unpaired) electrons. The smallest absolute Gasteiger partial charge is 0.408 e. The van der Waals surface area contributed by atoms with Crippen molar-refractivity contribution in [3.8, 4) is 0 Å². The Morgan fingerprint density at radius 3 is 2.48 bits per heavy atom. The second kappa shape index (κ2) is 8.41. The molecule has 1 heterocycles. The number of carbonyl (C=O) groups excluding carboxylic acids is 2. The molecular weight excluding hydrogens is 302 g/mol. The van der Waals surface area contributed by atoms with Gasteiger partial charge in [-0.25, -0.2) is 9.59 Å². The number of hydrogen-bond donors (Lipinski definition) is 1. The van der Waals surface area contributed by atoms with Crippen molar-refractivity contribution in [2.24, 2.45) is 0 Å². The van der Waals surface area contributed by atoms with Crippen LogP contribution in [0.1, 0.15) is 33.6 Å². The van der Waals surface area contributed by atoms with Crippen molar-refractivity contribution in [2.45, 2.75) is 51.5 Å². The summed E-state index contributed by atoms with van der Waals surface area (Å²) in [4.78, 5) is 23.5. The number of amides is 1. The van der Waals surface area contributed by atoms with Gasteiger partial charge in [-0.3, -0.25) is 0 Å². The third kappa shape index (κ3) is 7.50. The van der Waals surface area contributed by atoms with Gasteiger partial charge in [0.15, 0.2) is 12.4 Å². The first kappa shape index (κ1) is 18.0. The molecule has 1 rings (SSSR count). The molecule has 8 heteroatoms. The summed E-state index contributed by atoms with van der Waals surface area (Å²) >= 11 is 5.37. The zero-order valence-corrected chi connectivity index (χ0v) is 13.3. The van der Waals surface area contributed by atoms with Crippen molar-refractivity contribution in [3.63, 3.8) is 0 Å². The lowest BCUT2D eigenvalue weighted by Gasteiger charge is -2.23. The van der Waals surface area contributed by atoms with Crippen LogP contribution in [0.3, 0.4) is 0 Å². The molecule has 122 valence electrons. The first-order valence-corrected chi connectivity index (χ1v) is 7.30. The summed E-state index contributed by atoms with van der Waals surface area (Å²) < 4.78 is 20.4. The van der Waals surface area contributed by atoms with Gasteiger partial charge in [-0.15, -0.1) is 0 Å². The van der Waals surface area contributed by atoms with E-state index < -0.39 is 23.7 Å². The minimum atomic E-state index is -0.855. The lowest BCUT2D eigenvalue weighted by atomic mass is 10.1. The molecule has 1 amide bonds. The van der Waals surface area contributed by atoms with Crippen LogP contribution in [0.5, 0.6) is 0 Å². The topological polar surface area (TPSA) is 83.1 Å². The Labute approximate surface area is 129 Å². The summed E-state index contributed by atoms with van der Waals surface area (Å²) in [5, 5.41) is 2.48. The van der Waals surface area contributed by atoms with Gasteiger partial charge in [0.05, 0.1) is 13.2 Å². The van der Waals surface area contributed by atoms with E-state index in [1.165, 1.54) is 0 Å². The van der Waals surface area contributed by atoms with Crippen molar-refractivity contribution < 1.29 is 28.5 Å². The van der Waals surface area contributed by atoms with Gasteiger partial charge in [-0.1, -0.05) is 11.6 Å². The molecule has 0 aromatic carbocycles. The van der Waals surface area contributed by atoms with E-state index in [1.807, 2.05) is 0 Å². The van der Waals surface area contributed by atoms with Crippen LogP contribution in [0.4, 0.5) is 4.79 Å². The monoisotopic (exact) mass is 323 g/mol. The lowest BCUT2D eigenvalue weighted by molar-refractivity contribution is -0.144. The average Bonchev–Trinajstić information content (AvgIpc) is 2.85. The number of ether oxygens (including phenoxy) is 4. The standard InChI is InChI=1S/C13H22ClNO6/c1-13(2,3)21-12(17)15-9(11(16)20-8-14)4-5-10-18-6-7-19-10/h9-10H,4-8H2,1-3H3,(H,15,17). The fourth-order valence-corrected chi connectivity index (χ4v) is 1.84. The molecule has 0 bridgehead atoms. The maximum atomic E-state index is 11.8. The minimum Gasteiger partial charge on any atom is -0.448 e.